The summed E-state index contributed by atoms with van der Waals surface area (Å²) >= 11 is 1.51. The van der Waals surface area contributed by atoms with Crippen molar-refractivity contribution in [3.05, 3.63) is 28.8 Å². The van der Waals surface area contributed by atoms with Crippen molar-refractivity contribution in [2.24, 2.45) is 5.16 Å². The van der Waals surface area contributed by atoms with Gasteiger partial charge in [-0.3, -0.25) is 0 Å². The Labute approximate surface area is 103 Å². The molecule has 0 atom stereocenters. The lowest BCUT2D eigenvalue weighted by atomic mass is 9.96. The molecular formula is C12H13NO3S. The number of thioether (sulfide) groups is 1. The number of oxime groups is 1. The second-order valence-electron chi connectivity index (χ2n) is 4.53. The molecule has 1 heterocycles. The highest BCUT2D eigenvalue weighted by atomic mass is 32.2. The van der Waals surface area contributed by atoms with Crippen LogP contribution in [-0.2, 0) is 0 Å². The SMILES string of the molecule is Cc1cc2c(cc1C(=O)O)SC(C)(C)C2=NO. The number of nitrogens with zero attached hydrogens (tertiary/aromatic N) is 1. The zero-order valence-electron chi connectivity index (χ0n) is 9.81. The largest absolute Gasteiger partial charge is 0.478 e. The lowest BCUT2D eigenvalue weighted by Crippen LogP contribution is -2.23. The van der Waals surface area contributed by atoms with Gasteiger partial charge in [0.2, 0.25) is 0 Å². The van der Waals surface area contributed by atoms with E-state index in [4.69, 9.17) is 10.3 Å². The molecule has 0 unspecified atom stereocenters. The van der Waals surface area contributed by atoms with Crippen molar-refractivity contribution in [2.45, 2.75) is 30.4 Å². The Balaban J connectivity index is 2.64. The van der Waals surface area contributed by atoms with Crippen molar-refractivity contribution in [1.82, 2.24) is 0 Å². The number of aromatic carboxylic acids is 1. The molecule has 4 nitrogen and oxygen atoms in total. The maximum Gasteiger partial charge on any atom is 0.335 e. The Hall–Kier alpha value is -1.49. The van der Waals surface area contributed by atoms with Crippen LogP contribution in [0.3, 0.4) is 0 Å². The molecule has 1 aliphatic heterocycles. The number of hydrogen-bond acceptors (Lipinski definition) is 4. The van der Waals surface area contributed by atoms with E-state index in [2.05, 4.69) is 5.16 Å². The minimum atomic E-state index is -0.932. The van der Waals surface area contributed by atoms with Gasteiger partial charge < -0.3 is 10.3 Å². The van der Waals surface area contributed by atoms with E-state index in [0.717, 1.165) is 10.5 Å². The second-order valence-corrected chi connectivity index (χ2v) is 6.19. The fourth-order valence-corrected chi connectivity index (χ4v) is 3.25. The van der Waals surface area contributed by atoms with Crippen molar-refractivity contribution in [3.63, 3.8) is 0 Å². The van der Waals surface area contributed by atoms with E-state index >= 15 is 0 Å². The number of carbonyl (C=O) groups is 1. The smallest absolute Gasteiger partial charge is 0.335 e. The number of fused-ring (bicyclic) bond motifs is 1. The Kier molecular flexibility index (Phi) is 2.66. The monoisotopic (exact) mass is 251 g/mol. The number of aryl methyl sites for hydroxylation is 1. The van der Waals surface area contributed by atoms with Crippen LogP contribution in [0.25, 0.3) is 0 Å². The third-order valence-corrected chi connectivity index (χ3v) is 4.11. The Morgan fingerprint density at radius 2 is 2.06 bits per heavy atom. The first-order valence-corrected chi connectivity index (χ1v) is 5.98. The van der Waals surface area contributed by atoms with Gasteiger partial charge in [0.15, 0.2) is 0 Å². The van der Waals surface area contributed by atoms with Gasteiger partial charge in [-0.2, -0.15) is 0 Å². The van der Waals surface area contributed by atoms with Crippen LogP contribution in [0.15, 0.2) is 22.2 Å². The van der Waals surface area contributed by atoms with Crippen molar-refractivity contribution >= 4 is 23.4 Å². The first kappa shape index (κ1) is 12.0. The van der Waals surface area contributed by atoms with E-state index in [1.54, 1.807) is 19.1 Å². The lowest BCUT2D eigenvalue weighted by molar-refractivity contribution is 0.0696. The van der Waals surface area contributed by atoms with Crippen molar-refractivity contribution < 1.29 is 15.1 Å². The maximum atomic E-state index is 11.0. The molecule has 0 saturated carbocycles. The number of benzene rings is 1. The molecule has 0 aromatic heterocycles. The first-order chi connectivity index (χ1) is 7.86. The number of carboxylic acid groups (broad SMARTS) is 1. The van der Waals surface area contributed by atoms with E-state index in [0.29, 0.717) is 16.8 Å². The standard InChI is InChI=1S/C12H13NO3S/c1-6-4-8-9(5-7(6)11(14)15)17-12(2,3)10(8)13-16/h4-5,16H,1-3H3,(H,14,15). The molecule has 5 heteroatoms. The summed E-state index contributed by atoms with van der Waals surface area (Å²) in [5.41, 5.74) is 2.39. The summed E-state index contributed by atoms with van der Waals surface area (Å²) in [4.78, 5) is 11.9. The quantitative estimate of drug-likeness (QED) is 0.594. The topological polar surface area (TPSA) is 69.9 Å². The van der Waals surface area contributed by atoms with Crippen LogP contribution in [0.5, 0.6) is 0 Å². The van der Waals surface area contributed by atoms with Gasteiger partial charge in [-0.15, -0.1) is 11.8 Å². The molecule has 2 rings (SSSR count). The fraction of sp³-hybridized carbons (Fsp3) is 0.333. The minimum absolute atomic E-state index is 0.297. The molecule has 0 bridgehead atoms. The summed E-state index contributed by atoms with van der Waals surface area (Å²) in [6.07, 6.45) is 0. The van der Waals surface area contributed by atoms with Gasteiger partial charge in [0.1, 0.15) is 5.71 Å². The van der Waals surface area contributed by atoms with Crippen LogP contribution in [0.4, 0.5) is 0 Å². The summed E-state index contributed by atoms with van der Waals surface area (Å²) in [5.74, 6) is -0.932. The maximum absolute atomic E-state index is 11.0. The van der Waals surface area contributed by atoms with Gasteiger partial charge in [-0.25, -0.2) is 4.79 Å². The molecule has 0 spiro atoms. The fourth-order valence-electron chi connectivity index (χ4n) is 2.01. The van der Waals surface area contributed by atoms with Crippen molar-refractivity contribution in [1.29, 1.82) is 0 Å². The zero-order valence-corrected chi connectivity index (χ0v) is 10.6. The van der Waals surface area contributed by atoms with Crippen molar-refractivity contribution in [3.8, 4) is 0 Å². The van der Waals surface area contributed by atoms with Gasteiger partial charge in [0.05, 0.1) is 10.3 Å². The number of carboxylic acids is 1. The highest BCUT2D eigenvalue weighted by molar-refractivity contribution is 8.02. The minimum Gasteiger partial charge on any atom is -0.478 e. The van der Waals surface area contributed by atoms with E-state index in [1.807, 2.05) is 13.8 Å². The van der Waals surface area contributed by atoms with E-state index in [1.165, 1.54) is 11.8 Å². The molecule has 17 heavy (non-hydrogen) atoms. The van der Waals surface area contributed by atoms with E-state index in [9.17, 15) is 4.79 Å². The molecule has 1 aromatic carbocycles. The predicted octanol–water partition coefficient (Wildman–Crippen LogP) is 2.76. The first-order valence-electron chi connectivity index (χ1n) is 5.16. The molecule has 2 N–H and O–H groups in total. The second kappa shape index (κ2) is 3.77. The Morgan fingerprint density at radius 3 is 2.59 bits per heavy atom. The molecule has 0 aliphatic carbocycles. The molecule has 1 aliphatic rings. The van der Waals surface area contributed by atoms with Gasteiger partial charge in [0.25, 0.3) is 0 Å². The van der Waals surface area contributed by atoms with Crippen LogP contribution in [0, 0.1) is 6.92 Å². The van der Waals surface area contributed by atoms with Crippen LogP contribution in [0.2, 0.25) is 0 Å². The zero-order chi connectivity index (χ0) is 12.8. The Bertz CT molecular complexity index is 535. The molecular weight excluding hydrogens is 238 g/mol. The molecule has 0 amide bonds. The molecule has 90 valence electrons. The summed E-state index contributed by atoms with van der Waals surface area (Å²) in [5, 5.41) is 21.5. The highest BCUT2D eigenvalue weighted by Gasteiger charge is 2.37. The summed E-state index contributed by atoms with van der Waals surface area (Å²) in [7, 11) is 0. The third kappa shape index (κ3) is 1.80. The van der Waals surface area contributed by atoms with Crippen LogP contribution in [-0.4, -0.2) is 26.7 Å². The lowest BCUT2D eigenvalue weighted by Gasteiger charge is -2.15. The Morgan fingerprint density at radius 1 is 1.41 bits per heavy atom. The molecule has 1 aromatic rings. The van der Waals surface area contributed by atoms with Gasteiger partial charge >= 0.3 is 5.97 Å². The summed E-state index contributed by atoms with van der Waals surface area (Å²) in [6, 6.07) is 3.42. The molecule has 0 saturated heterocycles. The molecule has 0 fully saturated rings. The number of hydrogen-bond donors (Lipinski definition) is 2. The van der Waals surface area contributed by atoms with E-state index in [-0.39, 0.29) is 4.75 Å². The highest BCUT2D eigenvalue weighted by Crippen LogP contribution is 2.45. The van der Waals surface area contributed by atoms with Crippen LogP contribution in [0.1, 0.15) is 35.3 Å². The summed E-state index contributed by atoms with van der Waals surface area (Å²) < 4.78 is -0.333. The average Bonchev–Trinajstić information content (AvgIpc) is 2.45. The van der Waals surface area contributed by atoms with Crippen molar-refractivity contribution in [2.75, 3.05) is 0 Å². The van der Waals surface area contributed by atoms with Crippen LogP contribution >= 0.6 is 11.8 Å². The van der Waals surface area contributed by atoms with Gasteiger partial charge in [-0.05, 0) is 38.5 Å². The average molecular weight is 251 g/mol. The van der Waals surface area contributed by atoms with Gasteiger partial charge in [-0.1, -0.05) is 5.16 Å². The van der Waals surface area contributed by atoms with E-state index < -0.39 is 5.97 Å². The third-order valence-electron chi connectivity index (χ3n) is 2.85. The van der Waals surface area contributed by atoms with Crippen LogP contribution < -0.4 is 0 Å². The van der Waals surface area contributed by atoms with Gasteiger partial charge in [0, 0.05) is 10.5 Å². The summed E-state index contributed by atoms with van der Waals surface area (Å²) in [6.45, 7) is 5.64. The predicted molar refractivity (Wildman–Crippen MR) is 66.4 cm³/mol. The molecule has 0 radical (unpaired) electrons. The number of rotatable bonds is 1. The normalized spacial score (nSPS) is 19.4.